The van der Waals surface area contributed by atoms with Gasteiger partial charge in [0, 0.05) is 15.1 Å². The number of ether oxygens (including phenoxy) is 1. The van der Waals surface area contributed by atoms with Crippen molar-refractivity contribution in [2.75, 3.05) is 7.11 Å². The van der Waals surface area contributed by atoms with Gasteiger partial charge in [0.25, 0.3) is 0 Å². The minimum atomic E-state index is 0.0235. The molecule has 0 amide bonds. The standard InChI is InChI=1S/C15H13Br2ClO/c1-9-3-6-14(19-2)12(7-9)15(17)11-8-10(18)4-5-13(11)16/h3-8,15H,1-2H3. The molecule has 0 spiro atoms. The lowest BCUT2D eigenvalue weighted by molar-refractivity contribution is 0.410. The molecule has 4 heteroatoms. The number of benzene rings is 2. The lowest BCUT2D eigenvalue weighted by Crippen LogP contribution is -1.98. The highest BCUT2D eigenvalue weighted by Gasteiger charge is 2.18. The van der Waals surface area contributed by atoms with Crippen LogP contribution in [0.1, 0.15) is 21.5 Å². The van der Waals surface area contributed by atoms with E-state index in [9.17, 15) is 0 Å². The Morgan fingerprint density at radius 3 is 2.53 bits per heavy atom. The van der Waals surface area contributed by atoms with E-state index >= 15 is 0 Å². The Bertz CT molecular complexity index is 599. The van der Waals surface area contributed by atoms with Crippen molar-refractivity contribution in [2.24, 2.45) is 0 Å². The highest BCUT2D eigenvalue weighted by atomic mass is 79.9. The summed E-state index contributed by atoms with van der Waals surface area (Å²) in [5.41, 5.74) is 3.36. The van der Waals surface area contributed by atoms with Crippen LogP contribution in [0.25, 0.3) is 0 Å². The van der Waals surface area contributed by atoms with Crippen molar-refractivity contribution in [1.29, 1.82) is 0 Å². The van der Waals surface area contributed by atoms with E-state index in [-0.39, 0.29) is 4.83 Å². The first-order valence-electron chi connectivity index (χ1n) is 5.76. The molecule has 0 fully saturated rings. The average Bonchev–Trinajstić information content (AvgIpc) is 2.40. The van der Waals surface area contributed by atoms with Crippen molar-refractivity contribution < 1.29 is 4.74 Å². The highest BCUT2D eigenvalue weighted by molar-refractivity contribution is 9.11. The zero-order valence-electron chi connectivity index (χ0n) is 10.6. The molecule has 2 rings (SSSR count). The molecule has 0 aliphatic carbocycles. The number of hydrogen-bond acceptors (Lipinski definition) is 1. The summed E-state index contributed by atoms with van der Waals surface area (Å²) in [5.74, 6) is 0.861. The SMILES string of the molecule is COc1ccc(C)cc1C(Br)c1cc(Cl)ccc1Br. The Labute approximate surface area is 135 Å². The third-order valence-electron chi connectivity index (χ3n) is 2.89. The fraction of sp³-hybridized carbons (Fsp3) is 0.200. The van der Waals surface area contributed by atoms with Gasteiger partial charge in [-0.05, 0) is 36.8 Å². The molecule has 2 aromatic carbocycles. The maximum Gasteiger partial charge on any atom is 0.123 e. The summed E-state index contributed by atoms with van der Waals surface area (Å²) in [7, 11) is 1.68. The van der Waals surface area contributed by atoms with Crippen LogP contribution in [0, 0.1) is 6.92 Å². The molecule has 0 heterocycles. The van der Waals surface area contributed by atoms with Gasteiger partial charge in [0.1, 0.15) is 5.75 Å². The molecule has 2 aromatic rings. The number of methoxy groups -OCH3 is 1. The summed E-state index contributed by atoms with van der Waals surface area (Å²) in [6.07, 6.45) is 0. The van der Waals surface area contributed by atoms with Gasteiger partial charge in [-0.3, -0.25) is 0 Å². The maximum atomic E-state index is 6.08. The molecule has 0 N–H and O–H groups in total. The summed E-state index contributed by atoms with van der Waals surface area (Å²) in [6.45, 7) is 2.07. The first-order valence-corrected chi connectivity index (χ1v) is 7.85. The van der Waals surface area contributed by atoms with Gasteiger partial charge in [0.2, 0.25) is 0 Å². The summed E-state index contributed by atoms with van der Waals surface area (Å²) in [5, 5.41) is 0.717. The van der Waals surface area contributed by atoms with Gasteiger partial charge in [-0.1, -0.05) is 61.2 Å². The molecule has 0 aromatic heterocycles. The van der Waals surface area contributed by atoms with Crippen molar-refractivity contribution in [1.82, 2.24) is 0 Å². The second kappa shape index (κ2) is 6.29. The van der Waals surface area contributed by atoms with Gasteiger partial charge in [-0.25, -0.2) is 0 Å². The molecule has 0 aliphatic heterocycles. The molecule has 0 aliphatic rings. The van der Waals surface area contributed by atoms with Gasteiger partial charge < -0.3 is 4.74 Å². The van der Waals surface area contributed by atoms with Gasteiger partial charge in [0.05, 0.1) is 11.9 Å². The third kappa shape index (κ3) is 3.33. The van der Waals surface area contributed by atoms with E-state index in [1.807, 2.05) is 30.3 Å². The van der Waals surface area contributed by atoms with Crippen LogP contribution in [0.5, 0.6) is 5.75 Å². The van der Waals surface area contributed by atoms with Crippen LogP contribution in [0.4, 0.5) is 0 Å². The third-order valence-corrected chi connectivity index (χ3v) is 4.83. The molecule has 0 saturated carbocycles. The van der Waals surface area contributed by atoms with E-state index in [0.717, 1.165) is 21.3 Å². The Balaban J connectivity index is 2.51. The lowest BCUT2D eigenvalue weighted by Gasteiger charge is -2.17. The summed E-state index contributed by atoms with van der Waals surface area (Å²) in [6, 6.07) is 11.9. The van der Waals surface area contributed by atoms with Gasteiger partial charge in [-0.2, -0.15) is 0 Å². The van der Waals surface area contributed by atoms with Crippen LogP contribution < -0.4 is 4.74 Å². The smallest absolute Gasteiger partial charge is 0.123 e. The topological polar surface area (TPSA) is 9.23 Å². The Morgan fingerprint density at radius 1 is 1.11 bits per heavy atom. The summed E-state index contributed by atoms with van der Waals surface area (Å²) >= 11 is 13.4. The van der Waals surface area contributed by atoms with Crippen molar-refractivity contribution in [3.63, 3.8) is 0 Å². The summed E-state index contributed by atoms with van der Waals surface area (Å²) < 4.78 is 6.45. The quantitative estimate of drug-likeness (QED) is 0.579. The number of aryl methyl sites for hydroxylation is 1. The van der Waals surface area contributed by atoms with Gasteiger partial charge >= 0.3 is 0 Å². The first-order chi connectivity index (χ1) is 9.02. The summed E-state index contributed by atoms with van der Waals surface area (Å²) in [4.78, 5) is 0.0235. The number of halogens is 3. The monoisotopic (exact) mass is 402 g/mol. The normalized spacial score (nSPS) is 12.3. The molecule has 1 atom stereocenters. The van der Waals surface area contributed by atoms with Crippen molar-refractivity contribution in [3.05, 3.63) is 62.6 Å². The van der Waals surface area contributed by atoms with Gasteiger partial charge in [0.15, 0.2) is 0 Å². The predicted octanol–water partition coefficient (Wildman–Crippen LogP) is 5.90. The van der Waals surface area contributed by atoms with E-state index in [4.69, 9.17) is 16.3 Å². The maximum absolute atomic E-state index is 6.08. The molecule has 0 radical (unpaired) electrons. The average molecular weight is 405 g/mol. The highest BCUT2D eigenvalue weighted by Crippen LogP contribution is 2.40. The molecular formula is C15H13Br2ClO. The molecule has 1 unspecified atom stereocenters. The molecule has 0 bridgehead atoms. The first kappa shape index (κ1) is 14.9. The Morgan fingerprint density at radius 2 is 1.84 bits per heavy atom. The van der Waals surface area contributed by atoms with Crippen LogP contribution in [0.2, 0.25) is 5.02 Å². The Kier molecular flexibility index (Phi) is 4.93. The molecule has 19 heavy (non-hydrogen) atoms. The van der Waals surface area contributed by atoms with Crippen molar-refractivity contribution in [2.45, 2.75) is 11.8 Å². The number of alkyl halides is 1. The van der Waals surface area contributed by atoms with Crippen molar-refractivity contribution >= 4 is 43.5 Å². The van der Waals surface area contributed by atoms with E-state index in [2.05, 4.69) is 44.8 Å². The largest absolute Gasteiger partial charge is 0.496 e. The molecule has 1 nitrogen and oxygen atoms in total. The van der Waals surface area contributed by atoms with Crippen LogP contribution in [0.15, 0.2) is 40.9 Å². The van der Waals surface area contributed by atoms with E-state index < -0.39 is 0 Å². The van der Waals surface area contributed by atoms with E-state index in [1.165, 1.54) is 5.56 Å². The minimum Gasteiger partial charge on any atom is -0.496 e. The van der Waals surface area contributed by atoms with Crippen LogP contribution in [0.3, 0.4) is 0 Å². The second-order valence-corrected chi connectivity index (χ2v) is 6.48. The molecule has 100 valence electrons. The minimum absolute atomic E-state index is 0.0235. The zero-order valence-corrected chi connectivity index (χ0v) is 14.5. The van der Waals surface area contributed by atoms with Crippen LogP contribution in [-0.4, -0.2) is 7.11 Å². The second-order valence-electron chi connectivity index (χ2n) is 4.27. The lowest BCUT2D eigenvalue weighted by atomic mass is 10.0. The molecular weight excluding hydrogens is 391 g/mol. The van der Waals surface area contributed by atoms with Crippen molar-refractivity contribution in [3.8, 4) is 5.75 Å². The fourth-order valence-corrected chi connectivity index (χ4v) is 3.63. The van der Waals surface area contributed by atoms with E-state index in [0.29, 0.717) is 5.02 Å². The predicted molar refractivity (Wildman–Crippen MR) is 87.7 cm³/mol. The van der Waals surface area contributed by atoms with Gasteiger partial charge in [-0.15, -0.1) is 0 Å². The number of rotatable bonds is 3. The van der Waals surface area contributed by atoms with E-state index in [1.54, 1.807) is 7.11 Å². The van der Waals surface area contributed by atoms with Crippen LogP contribution in [-0.2, 0) is 0 Å². The Hall–Kier alpha value is -0.510. The molecule has 0 saturated heterocycles. The zero-order chi connectivity index (χ0) is 14.0. The fourth-order valence-electron chi connectivity index (χ4n) is 1.93. The number of hydrogen-bond donors (Lipinski definition) is 0. The van der Waals surface area contributed by atoms with Crippen LogP contribution >= 0.6 is 43.5 Å².